The number of nitriles is 1. The average molecular weight is 337 g/mol. The van der Waals surface area contributed by atoms with E-state index in [4.69, 9.17) is 5.26 Å². The summed E-state index contributed by atoms with van der Waals surface area (Å²) in [6.45, 7) is 2.51. The molecule has 0 radical (unpaired) electrons. The number of carbonyl (C=O) groups is 1. The van der Waals surface area contributed by atoms with Gasteiger partial charge < -0.3 is 5.32 Å². The van der Waals surface area contributed by atoms with Gasteiger partial charge in [-0.3, -0.25) is 9.69 Å². The summed E-state index contributed by atoms with van der Waals surface area (Å²) >= 11 is 0. The zero-order valence-electron chi connectivity index (χ0n) is 14.1. The van der Waals surface area contributed by atoms with Crippen molar-refractivity contribution in [1.29, 1.82) is 5.26 Å². The Morgan fingerprint density at radius 2 is 1.88 bits per heavy atom. The van der Waals surface area contributed by atoms with E-state index in [9.17, 15) is 9.18 Å². The zero-order valence-corrected chi connectivity index (χ0v) is 14.1. The van der Waals surface area contributed by atoms with Gasteiger partial charge in [0, 0.05) is 18.3 Å². The number of hydrogen-bond donors (Lipinski definition) is 1. The van der Waals surface area contributed by atoms with Crippen LogP contribution in [0.4, 0.5) is 10.1 Å². The molecular formula is C20H20FN3O. The Morgan fingerprint density at radius 1 is 1.24 bits per heavy atom. The number of nitrogens with one attached hydrogen (secondary N) is 1. The van der Waals surface area contributed by atoms with Crippen LogP contribution in [0.25, 0.3) is 0 Å². The van der Waals surface area contributed by atoms with Crippen molar-refractivity contribution in [3.05, 3.63) is 65.5 Å². The van der Waals surface area contributed by atoms with Crippen LogP contribution in [0, 0.1) is 17.1 Å². The summed E-state index contributed by atoms with van der Waals surface area (Å²) in [6, 6.07) is 15.4. The molecule has 1 amide bonds. The summed E-state index contributed by atoms with van der Waals surface area (Å²) in [5.74, 6) is -0.341. The number of nitrogens with zero attached hydrogens (tertiary/aromatic N) is 2. The van der Waals surface area contributed by atoms with E-state index in [0.29, 0.717) is 23.8 Å². The highest BCUT2D eigenvalue weighted by molar-refractivity contribution is 5.94. The van der Waals surface area contributed by atoms with Crippen LogP contribution in [0.2, 0.25) is 0 Å². The van der Waals surface area contributed by atoms with Crippen molar-refractivity contribution < 1.29 is 9.18 Å². The fraction of sp³-hybridized carbons (Fsp3) is 0.300. The molecule has 1 atom stereocenters. The van der Waals surface area contributed by atoms with Gasteiger partial charge in [-0.15, -0.1) is 0 Å². The molecular weight excluding hydrogens is 317 g/mol. The molecule has 4 nitrogen and oxygen atoms in total. The van der Waals surface area contributed by atoms with E-state index < -0.39 is 0 Å². The Labute approximate surface area is 146 Å². The third-order valence-corrected chi connectivity index (χ3v) is 4.45. The second-order valence-electron chi connectivity index (χ2n) is 6.38. The van der Waals surface area contributed by atoms with Crippen LogP contribution < -0.4 is 5.32 Å². The highest BCUT2D eigenvalue weighted by Crippen LogP contribution is 2.30. The van der Waals surface area contributed by atoms with Gasteiger partial charge in [0.2, 0.25) is 5.91 Å². The molecule has 0 saturated heterocycles. The number of amides is 1. The van der Waals surface area contributed by atoms with Crippen LogP contribution >= 0.6 is 0 Å². The third kappa shape index (κ3) is 4.43. The lowest BCUT2D eigenvalue weighted by atomic mass is 10.1. The number of halogens is 1. The molecule has 0 spiro atoms. The molecule has 25 heavy (non-hydrogen) atoms. The number of benzene rings is 2. The number of hydrogen-bond acceptors (Lipinski definition) is 3. The molecule has 0 aromatic heterocycles. The minimum Gasteiger partial charge on any atom is -0.325 e. The zero-order chi connectivity index (χ0) is 17.8. The van der Waals surface area contributed by atoms with Gasteiger partial charge in [-0.05, 0) is 61.7 Å². The molecule has 5 heteroatoms. The van der Waals surface area contributed by atoms with E-state index in [1.54, 1.807) is 36.4 Å². The maximum atomic E-state index is 13.1. The molecule has 0 bridgehead atoms. The van der Waals surface area contributed by atoms with Crippen LogP contribution in [-0.2, 0) is 11.3 Å². The fourth-order valence-electron chi connectivity index (χ4n) is 2.81. The van der Waals surface area contributed by atoms with Crippen molar-refractivity contribution in [3.8, 4) is 6.07 Å². The standard InChI is InChI=1S/C20H20FN3O/c1-14(20(25)23-18-8-4-15(12-22)5-9-18)24(19-10-11-19)13-16-2-6-17(21)7-3-16/h2-9,14,19H,10-11,13H2,1H3,(H,23,25)/t14-/m0/s1. The second-order valence-corrected chi connectivity index (χ2v) is 6.38. The average Bonchev–Trinajstić information content (AvgIpc) is 3.46. The highest BCUT2D eigenvalue weighted by Gasteiger charge is 2.35. The van der Waals surface area contributed by atoms with E-state index in [-0.39, 0.29) is 17.8 Å². The van der Waals surface area contributed by atoms with Crippen LogP contribution in [-0.4, -0.2) is 22.9 Å². The van der Waals surface area contributed by atoms with E-state index >= 15 is 0 Å². The lowest BCUT2D eigenvalue weighted by Crippen LogP contribution is -2.43. The van der Waals surface area contributed by atoms with E-state index in [0.717, 1.165) is 18.4 Å². The summed E-state index contributed by atoms with van der Waals surface area (Å²) in [5.41, 5.74) is 2.22. The molecule has 128 valence electrons. The van der Waals surface area contributed by atoms with Gasteiger partial charge in [0.05, 0.1) is 17.7 Å². The number of rotatable bonds is 6. The van der Waals surface area contributed by atoms with Gasteiger partial charge in [0.1, 0.15) is 5.82 Å². The van der Waals surface area contributed by atoms with Gasteiger partial charge >= 0.3 is 0 Å². The highest BCUT2D eigenvalue weighted by atomic mass is 19.1. The molecule has 1 aliphatic rings. The minimum absolute atomic E-state index is 0.0845. The largest absolute Gasteiger partial charge is 0.325 e. The molecule has 1 saturated carbocycles. The smallest absolute Gasteiger partial charge is 0.241 e. The summed E-state index contributed by atoms with van der Waals surface area (Å²) in [4.78, 5) is 14.8. The SMILES string of the molecule is C[C@@H](C(=O)Nc1ccc(C#N)cc1)N(Cc1ccc(F)cc1)C1CC1. The van der Waals surface area contributed by atoms with Gasteiger partial charge in [-0.25, -0.2) is 4.39 Å². The Hall–Kier alpha value is -2.71. The first kappa shape index (κ1) is 17.1. The van der Waals surface area contributed by atoms with Crippen LogP contribution in [0.1, 0.15) is 30.9 Å². The van der Waals surface area contributed by atoms with Crippen molar-refractivity contribution in [2.45, 2.75) is 38.4 Å². The predicted octanol–water partition coefficient (Wildman–Crippen LogP) is 3.69. The summed E-state index contributed by atoms with van der Waals surface area (Å²) in [6.07, 6.45) is 2.16. The molecule has 0 unspecified atom stereocenters. The van der Waals surface area contributed by atoms with Crippen LogP contribution in [0.5, 0.6) is 0 Å². The normalized spacial score (nSPS) is 14.8. The van der Waals surface area contributed by atoms with E-state index in [1.807, 2.05) is 6.92 Å². The molecule has 1 aliphatic carbocycles. The molecule has 0 aliphatic heterocycles. The number of carbonyl (C=O) groups excluding carboxylic acids is 1. The number of anilines is 1. The summed E-state index contributed by atoms with van der Waals surface area (Å²) < 4.78 is 13.1. The van der Waals surface area contributed by atoms with Gasteiger partial charge in [-0.2, -0.15) is 5.26 Å². The monoisotopic (exact) mass is 337 g/mol. The van der Waals surface area contributed by atoms with Crippen molar-refractivity contribution in [1.82, 2.24) is 4.90 Å². The second kappa shape index (κ2) is 7.45. The van der Waals surface area contributed by atoms with Crippen molar-refractivity contribution in [2.75, 3.05) is 5.32 Å². The van der Waals surface area contributed by atoms with Crippen molar-refractivity contribution in [2.24, 2.45) is 0 Å². The third-order valence-electron chi connectivity index (χ3n) is 4.45. The first-order valence-corrected chi connectivity index (χ1v) is 8.38. The van der Waals surface area contributed by atoms with Gasteiger partial charge in [0.25, 0.3) is 0 Å². The molecule has 2 aromatic carbocycles. The molecule has 1 N–H and O–H groups in total. The Morgan fingerprint density at radius 3 is 2.44 bits per heavy atom. The van der Waals surface area contributed by atoms with E-state index in [2.05, 4.69) is 16.3 Å². The Bertz CT molecular complexity index is 776. The van der Waals surface area contributed by atoms with Crippen LogP contribution in [0.3, 0.4) is 0 Å². The van der Waals surface area contributed by atoms with Crippen LogP contribution in [0.15, 0.2) is 48.5 Å². The molecule has 1 fully saturated rings. The lowest BCUT2D eigenvalue weighted by Gasteiger charge is -2.28. The van der Waals surface area contributed by atoms with Crippen molar-refractivity contribution in [3.63, 3.8) is 0 Å². The lowest BCUT2D eigenvalue weighted by molar-refractivity contribution is -0.121. The molecule has 0 heterocycles. The first-order chi connectivity index (χ1) is 12.1. The summed E-state index contributed by atoms with van der Waals surface area (Å²) in [7, 11) is 0. The maximum Gasteiger partial charge on any atom is 0.241 e. The minimum atomic E-state index is -0.298. The predicted molar refractivity (Wildman–Crippen MR) is 94.2 cm³/mol. The first-order valence-electron chi connectivity index (χ1n) is 8.38. The summed E-state index contributed by atoms with van der Waals surface area (Å²) in [5, 5.41) is 11.7. The Balaban J connectivity index is 1.67. The fourth-order valence-corrected chi connectivity index (χ4v) is 2.81. The maximum absolute atomic E-state index is 13.1. The van der Waals surface area contributed by atoms with Crippen molar-refractivity contribution >= 4 is 11.6 Å². The van der Waals surface area contributed by atoms with E-state index in [1.165, 1.54) is 12.1 Å². The Kier molecular flexibility index (Phi) is 5.11. The molecule has 2 aromatic rings. The van der Waals surface area contributed by atoms with Gasteiger partial charge in [-0.1, -0.05) is 12.1 Å². The molecule has 3 rings (SSSR count). The topological polar surface area (TPSA) is 56.1 Å². The van der Waals surface area contributed by atoms with Gasteiger partial charge in [0.15, 0.2) is 0 Å². The quantitative estimate of drug-likeness (QED) is 0.875.